The van der Waals surface area contributed by atoms with Gasteiger partial charge in [0.25, 0.3) is 11.8 Å². The standard InChI is InChI=1S/C44H52F2N6O7S/c1-5-27-23-44(27,41(56)50-60(57,58)29-14-15-29)49-39(54)35-20-28(24-52(35)40(55)32(42(2,3)4)21-37(53)51-19-9-17-43(45,46)25-51)59-36-22-34(33-12-6-7-18-47-33)48-38-30-11-8-10-26(30)13-16-31(36)38/h5-7,12-13,16,18,22,27-29,32,35H,1,8-11,14-15,17,19-21,23-25H2,2-4H3,(H,49,54)(H,50,56)/t27-,28-,32-,35+,44-/m1/s1. The van der Waals surface area contributed by atoms with Gasteiger partial charge in [0.1, 0.15) is 23.4 Å². The lowest BCUT2D eigenvalue weighted by molar-refractivity contribution is -0.151. The number of aryl methyl sites for hydroxylation is 2. The fourth-order valence-corrected chi connectivity index (χ4v) is 10.5. The Morgan fingerprint density at radius 3 is 2.53 bits per heavy atom. The van der Waals surface area contributed by atoms with Crippen LogP contribution in [0.4, 0.5) is 8.78 Å². The van der Waals surface area contributed by atoms with E-state index in [9.17, 15) is 36.4 Å². The number of aromatic nitrogens is 2. The second-order valence-electron chi connectivity index (χ2n) is 18.2. The highest BCUT2D eigenvalue weighted by Crippen LogP contribution is 2.46. The van der Waals surface area contributed by atoms with Crippen LogP contribution in [0, 0.1) is 17.3 Å². The molecule has 1 aromatic carbocycles. The maximum atomic E-state index is 14.9. The van der Waals surface area contributed by atoms with Crippen LogP contribution in [0.15, 0.2) is 55.3 Å². The molecule has 3 aromatic rings. The third-order valence-electron chi connectivity index (χ3n) is 12.8. The van der Waals surface area contributed by atoms with E-state index in [1.807, 2.05) is 24.3 Å². The molecule has 2 saturated carbocycles. The lowest BCUT2D eigenvalue weighted by Gasteiger charge is -2.37. The Morgan fingerprint density at radius 1 is 1.08 bits per heavy atom. The Hall–Kier alpha value is -4.99. The Balaban J connectivity index is 1.12. The van der Waals surface area contributed by atoms with E-state index in [2.05, 4.69) is 27.7 Å². The number of hydrogen-bond donors (Lipinski definition) is 2. The maximum Gasteiger partial charge on any atom is 0.265 e. The number of nitrogens with zero attached hydrogens (tertiary/aromatic N) is 4. The molecule has 0 bridgehead atoms. The number of pyridine rings is 2. The molecule has 8 rings (SSSR count). The maximum absolute atomic E-state index is 14.9. The average molecular weight is 847 g/mol. The van der Waals surface area contributed by atoms with Gasteiger partial charge in [0.2, 0.25) is 27.7 Å². The lowest BCUT2D eigenvalue weighted by atomic mass is 9.77. The molecule has 2 aliphatic heterocycles. The predicted octanol–water partition coefficient (Wildman–Crippen LogP) is 5.11. The topological polar surface area (TPSA) is 168 Å². The minimum Gasteiger partial charge on any atom is -0.488 e. The minimum atomic E-state index is -3.95. The van der Waals surface area contributed by atoms with Crippen molar-refractivity contribution in [2.24, 2.45) is 17.3 Å². The number of likely N-dealkylation sites (tertiary alicyclic amines) is 2. The first-order chi connectivity index (χ1) is 28.4. The third kappa shape index (κ3) is 8.23. The van der Waals surface area contributed by atoms with E-state index in [4.69, 9.17) is 9.72 Å². The average Bonchev–Trinajstić information content (AvgIpc) is 4.09. The number of hydrogen-bond acceptors (Lipinski definition) is 9. The number of carbonyl (C=O) groups is 4. The summed E-state index contributed by atoms with van der Waals surface area (Å²) in [5.74, 6) is -6.81. The van der Waals surface area contributed by atoms with Crippen molar-refractivity contribution in [2.75, 3.05) is 19.6 Å². The zero-order chi connectivity index (χ0) is 42.8. The quantitative estimate of drug-likeness (QED) is 0.236. The molecule has 0 radical (unpaired) electrons. The second-order valence-corrected chi connectivity index (χ2v) is 20.2. The molecule has 3 aliphatic carbocycles. The molecule has 2 aromatic heterocycles. The first kappa shape index (κ1) is 41.7. The summed E-state index contributed by atoms with van der Waals surface area (Å²) in [4.78, 5) is 68.9. The normalized spacial score (nSPS) is 25.3. The Kier molecular flexibility index (Phi) is 10.8. The van der Waals surface area contributed by atoms with Crippen molar-refractivity contribution < 1.29 is 41.1 Å². The molecule has 4 heterocycles. The highest BCUT2D eigenvalue weighted by Gasteiger charge is 2.62. The molecular formula is C44H52F2N6O7S. The van der Waals surface area contributed by atoms with Crippen LogP contribution < -0.4 is 14.8 Å². The fraction of sp³-hybridized carbons (Fsp3) is 0.545. The van der Waals surface area contributed by atoms with E-state index in [1.165, 1.54) is 16.5 Å². The molecule has 0 unspecified atom stereocenters. The largest absolute Gasteiger partial charge is 0.488 e. The summed E-state index contributed by atoms with van der Waals surface area (Å²) in [5.41, 5.74) is 1.92. The van der Waals surface area contributed by atoms with E-state index in [-0.39, 0.29) is 45.2 Å². The minimum absolute atomic E-state index is 0.00870. The molecule has 16 heteroatoms. The highest BCUT2D eigenvalue weighted by atomic mass is 32.2. The first-order valence-corrected chi connectivity index (χ1v) is 22.4. The number of benzene rings is 1. The van der Waals surface area contributed by atoms with Crippen LogP contribution in [0.2, 0.25) is 0 Å². The van der Waals surface area contributed by atoms with E-state index in [0.717, 1.165) is 40.6 Å². The molecule has 320 valence electrons. The van der Waals surface area contributed by atoms with Crippen LogP contribution in [-0.4, -0.2) is 100 Å². The Bertz CT molecular complexity index is 2350. The summed E-state index contributed by atoms with van der Waals surface area (Å²) >= 11 is 0. The zero-order valence-corrected chi connectivity index (χ0v) is 35.0. The van der Waals surface area contributed by atoms with Crippen LogP contribution >= 0.6 is 0 Å². The zero-order valence-electron chi connectivity index (χ0n) is 34.2. The van der Waals surface area contributed by atoms with Gasteiger partial charge in [-0.3, -0.25) is 28.9 Å². The summed E-state index contributed by atoms with van der Waals surface area (Å²) < 4.78 is 63.5. The van der Waals surface area contributed by atoms with E-state index >= 15 is 0 Å². The van der Waals surface area contributed by atoms with Crippen molar-refractivity contribution in [3.05, 3.63) is 66.4 Å². The number of piperidine rings is 1. The predicted molar refractivity (Wildman–Crippen MR) is 219 cm³/mol. The first-order valence-electron chi connectivity index (χ1n) is 20.9. The van der Waals surface area contributed by atoms with Crippen molar-refractivity contribution in [1.82, 2.24) is 29.8 Å². The van der Waals surface area contributed by atoms with Crippen molar-refractivity contribution >= 4 is 44.6 Å². The Morgan fingerprint density at radius 2 is 1.87 bits per heavy atom. The molecule has 4 amide bonds. The number of alkyl halides is 2. The van der Waals surface area contributed by atoms with E-state index < -0.39 is 86.3 Å². The summed E-state index contributed by atoms with van der Waals surface area (Å²) in [5, 5.41) is 2.90. The van der Waals surface area contributed by atoms with Gasteiger partial charge in [-0.1, -0.05) is 39.0 Å². The van der Waals surface area contributed by atoms with Crippen molar-refractivity contribution in [3.63, 3.8) is 0 Å². The number of amides is 4. The summed E-state index contributed by atoms with van der Waals surface area (Å²) in [6, 6.07) is 10.2. The Labute approximate surface area is 348 Å². The smallest absolute Gasteiger partial charge is 0.265 e. The molecule has 5 atom stereocenters. The molecule has 60 heavy (non-hydrogen) atoms. The van der Waals surface area contributed by atoms with Gasteiger partial charge in [-0.15, -0.1) is 6.58 Å². The van der Waals surface area contributed by atoms with Gasteiger partial charge in [-0.2, -0.15) is 0 Å². The third-order valence-corrected chi connectivity index (χ3v) is 14.6. The molecule has 4 fully saturated rings. The molecule has 2 N–H and O–H groups in total. The molecule has 5 aliphatic rings. The molecule has 2 saturated heterocycles. The van der Waals surface area contributed by atoms with Gasteiger partial charge in [0.05, 0.1) is 41.2 Å². The van der Waals surface area contributed by atoms with Gasteiger partial charge in [0.15, 0.2) is 0 Å². The van der Waals surface area contributed by atoms with Crippen LogP contribution in [0.3, 0.4) is 0 Å². The SMILES string of the molecule is C=C[C@@H]1C[C@]1(NC(=O)[C@@H]1C[C@@H](Oc2cc(-c3ccccn3)nc3c4c(ccc23)CCC4)CN1C(=O)[C@@H](CC(=O)N1CCCC(F)(F)C1)C(C)(C)C)C(=O)NS(=O)(=O)C1CC1. The van der Waals surface area contributed by atoms with E-state index in [0.29, 0.717) is 30.0 Å². The number of halogens is 2. The summed E-state index contributed by atoms with van der Waals surface area (Å²) in [7, 11) is -3.95. The fourth-order valence-electron chi connectivity index (χ4n) is 9.09. The molecule has 13 nitrogen and oxygen atoms in total. The number of rotatable bonds is 12. The van der Waals surface area contributed by atoms with Crippen LogP contribution in [-0.2, 0) is 42.0 Å². The molecular weight excluding hydrogens is 795 g/mol. The van der Waals surface area contributed by atoms with Gasteiger partial charge in [-0.25, -0.2) is 22.2 Å². The van der Waals surface area contributed by atoms with Gasteiger partial charge in [0, 0.05) is 49.4 Å². The van der Waals surface area contributed by atoms with E-state index in [1.54, 1.807) is 33.0 Å². The number of ether oxygens (including phenoxy) is 1. The number of sulfonamides is 1. The van der Waals surface area contributed by atoms with Crippen LogP contribution in [0.25, 0.3) is 22.3 Å². The second kappa shape index (κ2) is 15.5. The van der Waals surface area contributed by atoms with Gasteiger partial charge < -0.3 is 19.9 Å². The van der Waals surface area contributed by atoms with Crippen molar-refractivity contribution in [1.29, 1.82) is 0 Å². The summed E-state index contributed by atoms with van der Waals surface area (Å²) in [6.07, 6.45) is 5.62. The highest BCUT2D eigenvalue weighted by molar-refractivity contribution is 7.91. The number of fused-ring (bicyclic) bond motifs is 3. The monoisotopic (exact) mass is 846 g/mol. The van der Waals surface area contributed by atoms with Crippen molar-refractivity contribution in [3.8, 4) is 17.1 Å². The van der Waals surface area contributed by atoms with Crippen LogP contribution in [0.5, 0.6) is 5.75 Å². The summed E-state index contributed by atoms with van der Waals surface area (Å²) in [6.45, 7) is 8.49. The van der Waals surface area contributed by atoms with Crippen molar-refractivity contribution in [2.45, 2.75) is 114 Å². The molecule has 0 spiro atoms. The van der Waals surface area contributed by atoms with Gasteiger partial charge >= 0.3 is 0 Å². The lowest BCUT2D eigenvalue weighted by Crippen LogP contribution is -2.57. The number of nitrogens with one attached hydrogen (secondary N) is 2. The van der Waals surface area contributed by atoms with Gasteiger partial charge in [-0.05, 0) is 79.7 Å². The number of carbonyl (C=O) groups excluding carboxylic acids is 4. The van der Waals surface area contributed by atoms with Crippen LogP contribution in [0.1, 0.15) is 83.3 Å².